The molecule has 9 heteroatoms. The van der Waals surface area contributed by atoms with E-state index in [1.807, 2.05) is 17.0 Å². The van der Waals surface area contributed by atoms with Crippen molar-refractivity contribution >= 4 is 27.5 Å². The first kappa shape index (κ1) is 20.7. The molecule has 0 aliphatic carbocycles. The van der Waals surface area contributed by atoms with Gasteiger partial charge in [0, 0.05) is 37.7 Å². The van der Waals surface area contributed by atoms with Gasteiger partial charge in [-0.25, -0.2) is 12.8 Å². The number of hydrogen-bond donors (Lipinski definition) is 1. The van der Waals surface area contributed by atoms with E-state index in [9.17, 15) is 17.6 Å². The fraction of sp³-hybridized carbons (Fsp3) is 0.316. The maximum Gasteiger partial charge on any atom is 0.243 e. The van der Waals surface area contributed by atoms with Crippen molar-refractivity contribution in [2.24, 2.45) is 0 Å². The number of amides is 1. The monoisotopic (exact) mass is 425 g/mol. The minimum absolute atomic E-state index is 0.0723. The molecule has 1 aliphatic heterocycles. The van der Waals surface area contributed by atoms with E-state index in [0.717, 1.165) is 17.7 Å². The summed E-state index contributed by atoms with van der Waals surface area (Å²) in [6.45, 7) is 2.09. The highest BCUT2D eigenvalue weighted by Crippen LogP contribution is 2.18. The highest BCUT2D eigenvalue weighted by molar-refractivity contribution is 7.89. The Kier molecular flexibility index (Phi) is 6.66. The molecule has 0 saturated carbocycles. The highest BCUT2D eigenvalue weighted by atomic mass is 35.5. The van der Waals surface area contributed by atoms with Gasteiger partial charge < -0.3 is 5.32 Å². The van der Waals surface area contributed by atoms with Gasteiger partial charge in [-0.2, -0.15) is 4.31 Å². The fourth-order valence-corrected chi connectivity index (χ4v) is 4.49. The minimum Gasteiger partial charge on any atom is -0.351 e. The van der Waals surface area contributed by atoms with Gasteiger partial charge in [-0.05, 0) is 42.0 Å². The highest BCUT2D eigenvalue weighted by Gasteiger charge is 2.29. The van der Waals surface area contributed by atoms with E-state index in [1.165, 1.54) is 16.4 Å². The van der Waals surface area contributed by atoms with Crippen LogP contribution in [0.5, 0.6) is 0 Å². The Morgan fingerprint density at radius 1 is 1.00 bits per heavy atom. The van der Waals surface area contributed by atoms with E-state index in [-0.39, 0.29) is 30.4 Å². The van der Waals surface area contributed by atoms with Crippen LogP contribution in [0.4, 0.5) is 4.39 Å². The van der Waals surface area contributed by atoms with Gasteiger partial charge in [-0.1, -0.05) is 23.7 Å². The molecule has 0 spiro atoms. The number of carbonyl (C=O) groups is 1. The quantitative estimate of drug-likeness (QED) is 0.769. The summed E-state index contributed by atoms with van der Waals surface area (Å²) in [6, 6.07) is 12.0. The first-order valence-electron chi connectivity index (χ1n) is 8.84. The summed E-state index contributed by atoms with van der Waals surface area (Å²) in [5.41, 5.74) is 0.952. The summed E-state index contributed by atoms with van der Waals surface area (Å²) in [6.07, 6.45) is 0. The van der Waals surface area contributed by atoms with Crippen LogP contribution < -0.4 is 5.32 Å². The third kappa shape index (κ3) is 5.29. The molecule has 0 bridgehead atoms. The molecule has 1 N–H and O–H groups in total. The smallest absolute Gasteiger partial charge is 0.243 e. The van der Waals surface area contributed by atoms with Gasteiger partial charge in [0.25, 0.3) is 0 Å². The van der Waals surface area contributed by atoms with E-state index < -0.39 is 15.8 Å². The zero-order valence-electron chi connectivity index (χ0n) is 15.1. The molecule has 1 aliphatic rings. The zero-order valence-corrected chi connectivity index (χ0v) is 16.7. The van der Waals surface area contributed by atoms with Gasteiger partial charge in [0.15, 0.2) is 0 Å². The summed E-state index contributed by atoms with van der Waals surface area (Å²) >= 11 is 5.84. The lowest BCUT2D eigenvalue weighted by Gasteiger charge is -2.33. The van der Waals surface area contributed by atoms with Crippen LogP contribution in [0.15, 0.2) is 53.4 Å². The Hall–Kier alpha value is -2.00. The average Bonchev–Trinajstić information content (AvgIpc) is 2.68. The number of sulfonamides is 1. The molecule has 2 aromatic rings. The number of rotatable bonds is 6. The van der Waals surface area contributed by atoms with Crippen molar-refractivity contribution < 1.29 is 17.6 Å². The Labute approximate surface area is 168 Å². The summed E-state index contributed by atoms with van der Waals surface area (Å²) in [5, 5.41) is 3.49. The molecule has 28 heavy (non-hydrogen) atoms. The SMILES string of the molecule is O=C(CN1CCN(S(=O)(=O)c2ccc(F)cc2)CC1)NCc1ccc(Cl)cc1. The molecule has 0 aromatic heterocycles. The first-order valence-corrected chi connectivity index (χ1v) is 10.7. The van der Waals surface area contributed by atoms with Gasteiger partial charge in [0.1, 0.15) is 5.82 Å². The Balaban J connectivity index is 1.47. The lowest BCUT2D eigenvalue weighted by Crippen LogP contribution is -2.50. The van der Waals surface area contributed by atoms with Crippen molar-refractivity contribution in [3.05, 3.63) is 64.9 Å². The van der Waals surface area contributed by atoms with Gasteiger partial charge in [0.2, 0.25) is 15.9 Å². The maximum atomic E-state index is 13.0. The molecule has 150 valence electrons. The third-order valence-corrected chi connectivity index (χ3v) is 6.72. The summed E-state index contributed by atoms with van der Waals surface area (Å²) in [7, 11) is -3.65. The van der Waals surface area contributed by atoms with Crippen LogP contribution in [0.1, 0.15) is 5.56 Å². The third-order valence-electron chi connectivity index (χ3n) is 4.55. The molecule has 2 aromatic carbocycles. The fourth-order valence-electron chi connectivity index (χ4n) is 2.95. The molecule has 0 unspecified atom stereocenters. The first-order chi connectivity index (χ1) is 13.3. The second kappa shape index (κ2) is 9.00. The van der Waals surface area contributed by atoms with Crippen LogP contribution in [0.3, 0.4) is 0 Å². The van der Waals surface area contributed by atoms with E-state index >= 15 is 0 Å². The maximum absolute atomic E-state index is 13.0. The Morgan fingerprint density at radius 2 is 1.61 bits per heavy atom. The van der Waals surface area contributed by atoms with Crippen molar-refractivity contribution in [3.63, 3.8) is 0 Å². The van der Waals surface area contributed by atoms with Crippen LogP contribution in [-0.4, -0.2) is 56.3 Å². The van der Waals surface area contributed by atoms with Gasteiger partial charge in [-0.3, -0.25) is 9.69 Å². The lowest BCUT2D eigenvalue weighted by atomic mass is 10.2. The van der Waals surface area contributed by atoms with Crippen molar-refractivity contribution in [3.8, 4) is 0 Å². The zero-order chi connectivity index (χ0) is 20.1. The van der Waals surface area contributed by atoms with Crippen LogP contribution in [0.25, 0.3) is 0 Å². The van der Waals surface area contributed by atoms with Crippen molar-refractivity contribution in [1.29, 1.82) is 0 Å². The standard InChI is InChI=1S/C19H21ClFN3O3S/c20-16-3-1-15(2-4-16)13-22-19(25)14-23-9-11-24(12-10-23)28(26,27)18-7-5-17(21)6-8-18/h1-8H,9-14H2,(H,22,25). The number of nitrogens with zero attached hydrogens (tertiary/aromatic N) is 2. The summed E-state index contributed by atoms with van der Waals surface area (Å²) in [5.74, 6) is -0.599. The van der Waals surface area contributed by atoms with E-state index in [2.05, 4.69) is 5.32 Å². The molecule has 1 saturated heterocycles. The van der Waals surface area contributed by atoms with Crippen molar-refractivity contribution in [2.45, 2.75) is 11.4 Å². The summed E-state index contributed by atoms with van der Waals surface area (Å²) in [4.78, 5) is 14.1. The molecule has 6 nitrogen and oxygen atoms in total. The van der Waals surface area contributed by atoms with Crippen LogP contribution in [0.2, 0.25) is 5.02 Å². The Bertz CT molecular complexity index is 912. The lowest BCUT2D eigenvalue weighted by molar-refractivity contribution is -0.122. The van der Waals surface area contributed by atoms with Crippen molar-refractivity contribution in [2.75, 3.05) is 32.7 Å². The largest absolute Gasteiger partial charge is 0.351 e. The number of nitrogens with one attached hydrogen (secondary N) is 1. The number of benzene rings is 2. The molecule has 0 radical (unpaired) electrons. The molecule has 1 amide bonds. The van der Waals surface area contributed by atoms with Gasteiger partial charge >= 0.3 is 0 Å². The number of hydrogen-bond acceptors (Lipinski definition) is 4. The average molecular weight is 426 g/mol. The minimum atomic E-state index is -3.65. The predicted octanol–water partition coefficient (Wildman–Crippen LogP) is 2.10. The van der Waals surface area contributed by atoms with Crippen LogP contribution >= 0.6 is 11.6 Å². The number of halogens is 2. The molecular weight excluding hydrogens is 405 g/mol. The van der Waals surface area contributed by atoms with Gasteiger partial charge in [-0.15, -0.1) is 0 Å². The second-order valence-corrected chi connectivity index (χ2v) is 8.91. The summed E-state index contributed by atoms with van der Waals surface area (Å²) < 4.78 is 39.6. The molecule has 0 atom stereocenters. The molecule has 1 heterocycles. The topological polar surface area (TPSA) is 69.7 Å². The second-order valence-electron chi connectivity index (χ2n) is 6.54. The van der Waals surface area contributed by atoms with Crippen molar-refractivity contribution in [1.82, 2.24) is 14.5 Å². The van der Waals surface area contributed by atoms with Crippen LogP contribution in [-0.2, 0) is 21.4 Å². The predicted molar refractivity (Wildman–Crippen MR) is 105 cm³/mol. The molecule has 1 fully saturated rings. The van der Waals surface area contributed by atoms with E-state index in [0.29, 0.717) is 24.7 Å². The van der Waals surface area contributed by atoms with Crippen LogP contribution in [0, 0.1) is 5.82 Å². The Morgan fingerprint density at radius 3 is 2.21 bits per heavy atom. The van der Waals surface area contributed by atoms with E-state index in [4.69, 9.17) is 11.6 Å². The molecular formula is C19H21ClFN3O3S. The van der Waals surface area contributed by atoms with Gasteiger partial charge in [0.05, 0.1) is 11.4 Å². The molecule has 3 rings (SSSR count). The normalized spacial score (nSPS) is 16.1. The number of piperazine rings is 1. The van der Waals surface area contributed by atoms with E-state index in [1.54, 1.807) is 12.1 Å². The number of carbonyl (C=O) groups excluding carboxylic acids is 1.